The second-order valence-electron chi connectivity index (χ2n) is 6.59. The first kappa shape index (κ1) is 16.6. The first-order valence-corrected chi connectivity index (χ1v) is 8.67. The Hall–Kier alpha value is -2.30. The summed E-state index contributed by atoms with van der Waals surface area (Å²) in [4.78, 5) is 31.9. The molecule has 1 aromatic heterocycles. The summed E-state index contributed by atoms with van der Waals surface area (Å²) in [5.74, 6) is 0.0769. The number of carbonyl (C=O) groups excluding carboxylic acids is 2. The van der Waals surface area contributed by atoms with E-state index >= 15 is 0 Å². The van der Waals surface area contributed by atoms with Crippen molar-refractivity contribution in [1.29, 1.82) is 0 Å². The molecule has 1 saturated heterocycles. The average molecular weight is 327 g/mol. The van der Waals surface area contributed by atoms with E-state index in [0.717, 1.165) is 29.6 Å². The van der Waals surface area contributed by atoms with Gasteiger partial charge in [-0.15, -0.1) is 0 Å². The molecule has 3 rings (SSSR count). The number of hydrogen-bond acceptors (Lipinski definition) is 2. The van der Waals surface area contributed by atoms with Crippen molar-refractivity contribution in [2.45, 2.75) is 46.2 Å². The lowest BCUT2D eigenvalue weighted by Gasteiger charge is -2.38. The molecule has 1 atom stereocenters. The van der Waals surface area contributed by atoms with Gasteiger partial charge in [-0.3, -0.25) is 9.59 Å². The fourth-order valence-corrected chi connectivity index (χ4v) is 3.38. The molecule has 5 heteroatoms. The van der Waals surface area contributed by atoms with Gasteiger partial charge in [0, 0.05) is 23.1 Å². The molecule has 0 spiro atoms. The molecule has 1 fully saturated rings. The Morgan fingerprint density at radius 2 is 2.00 bits per heavy atom. The number of aryl methyl sites for hydroxylation is 1. The van der Waals surface area contributed by atoms with Crippen LogP contribution in [0.2, 0.25) is 0 Å². The van der Waals surface area contributed by atoms with Gasteiger partial charge in [-0.1, -0.05) is 31.5 Å². The van der Waals surface area contributed by atoms with E-state index in [2.05, 4.69) is 24.9 Å². The summed E-state index contributed by atoms with van der Waals surface area (Å²) < 4.78 is 0. The molecule has 1 unspecified atom stereocenters. The molecule has 0 bridgehead atoms. The van der Waals surface area contributed by atoms with Gasteiger partial charge in [0.15, 0.2) is 0 Å². The van der Waals surface area contributed by atoms with E-state index in [1.807, 2.05) is 25.1 Å². The highest BCUT2D eigenvalue weighted by atomic mass is 16.2. The lowest BCUT2D eigenvalue weighted by molar-refractivity contribution is -0.155. The number of carbonyl (C=O) groups is 2. The van der Waals surface area contributed by atoms with Gasteiger partial charge in [-0.05, 0) is 31.9 Å². The lowest BCUT2D eigenvalue weighted by atomic mass is 10.1. The van der Waals surface area contributed by atoms with E-state index in [1.165, 1.54) is 5.39 Å². The molecular weight excluding hydrogens is 302 g/mol. The number of nitrogens with one attached hydrogen (secondary N) is 1. The Bertz CT molecular complexity index is 765. The maximum absolute atomic E-state index is 12.6. The minimum Gasteiger partial charge on any atom is -0.357 e. The van der Waals surface area contributed by atoms with Crippen LogP contribution in [0.3, 0.4) is 0 Å². The second-order valence-corrected chi connectivity index (χ2v) is 6.59. The van der Waals surface area contributed by atoms with Crippen LogP contribution in [0.15, 0.2) is 24.3 Å². The summed E-state index contributed by atoms with van der Waals surface area (Å²) in [6.07, 6.45) is 1.96. The molecule has 128 valence electrons. The van der Waals surface area contributed by atoms with Crippen LogP contribution in [-0.2, 0) is 16.1 Å². The number of benzene rings is 1. The summed E-state index contributed by atoms with van der Waals surface area (Å²) >= 11 is 0. The topological polar surface area (TPSA) is 56.4 Å². The van der Waals surface area contributed by atoms with Crippen LogP contribution in [0.4, 0.5) is 0 Å². The highest BCUT2D eigenvalue weighted by Gasteiger charge is 2.36. The SMILES string of the molecule is CCCCN1CC(=O)N(Cc2[nH]c3ccccc3c2C)C(C)C1=O. The van der Waals surface area contributed by atoms with Crippen molar-refractivity contribution in [3.8, 4) is 0 Å². The molecule has 5 nitrogen and oxygen atoms in total. The van der Waals surface area contributed by atoms with Gasteiger partial charge in [-0.25, -0.2) is 0 Å². The zero-order chi connectivity index (χ0) is 17.3. The number of nitrogens with zero attached hydrogens (tertiary/aromatic N) is 2. The van der Waals surface area contributed by atoms with Crippen molar-refractivity contribution in [2.24, 2.45) is 0 Å². The predicted molar refractivity (Wildman–Crippen MR) is 94.5 cm³/mol. The first-order chi connectivity index (χ1) is 11.5. The van der Waals surface area contributed by atoms with E-state index in [9.17, 15) is 9.59 Å². The molecule has 24 heavy (non-hydrogen) atoms. The number of aromatic nitrogens is 1. The number of aromatic amines is 1. The van der Waals surface area contributed by atoms with Crippen LogP contribution in [0.1, 0.15) is 37.9 Å². The molecule has 0 saturated carbocycles. The van der Waals surface area contributed by atoms with Crippen LogP contribution in [0.25, 0.3) is 10.9 Å². The Morgan fingerprint density at radius 3 is 2.71 bits per heavy atom. The van der Waals surface area contributed by atoms with Crippen LogP contribution < -0.4 is 0 Å². The quantitative estimate of drug-likeness (QED) is 0.918. The Balaban J connectivity index is 1.80. The Kier molecular flexibility index (Phi) is 4.60. The summed E-state index contributed by atoms with van der Waals surface area (Å²) in [5, 5.41) is 1.17. The minimum absolute atomic E-state index is 0.0243. The zero-order valence-corrected chi connectivity index (χ0v) is 14.6. The number of amides is 2. The van der Waals surface area contributed by atoms with Gasteiger partial charge >= 0.3 is 0 Å². The lowest BCUT2D eigenvalue weighted by Crippen LogP contribution is -2.58. The van der Waals surface area contributed by atoms with Gasteiger partial charge in [0.25, 0.3) is 0 Å². The second kappa shape index (κ2) is 6.67. The summed E-state index contributed by atoms with van der Waals surface area (Å²) in [5.41, 5.74) is 3.22. The molecule has 1 N–H and O–H groups in total. The largest absolute Gasteiger partial charge is 0.357 e. The first-order valence-electron chi connectivity index (χ1n) is 8.67. The zero-order valence-electron chi connectivity index (χ0n) is 14.6. The molecule has 1 aromatic carbocycles. The number of fused-ring (bicyclic) bond motifs is 1. The van der Waals surface area contributed by atoms with Crippen molar-refractivity contribution in [1.82, 2.24) is 14.8 Å². The minimum atomic E-state index is -0.408. The Morgan fingerprint density at radius 1 is 1.25 bits per heavy atom. The number of H-pyrrole nitrogens is 1. The van der Waals surface area contributed by atoms with E-state index in [-0.39, 0.29) is 18.4 Å². The number of piperazine rings is 1. The smallest absolute Gasteiger partial charge is 0.245 e. The van der Waals surface area contributed by atoms with E-state index in [4.69, 9.17) is 0 Å². The third-order valence-corrected chi connectivity index (χ3v) is 4.96. The van der Waals surface area contributed by atoms with Gasteiger partial charge in [-0.2, -0.15) is 0 Å². The van der Waals surface area contributed by atoms with Gasteiger partial charge in [0.1, 0.15) is 6.04 Å². The molecule has 2 amide bonds. The summed E-state index contributed by atoms with van der Waals surface area (Å²) in [7, 11) is 0. The van der Waals surface area contributed by atoms with Crippen molar-refractivity contribution >= 4 is 22.7 Å². The molecule has 0 radical (unpaired) electrons. The van der Waals surface area contributed by atoms with E-state index in [0.29, 0.717) is 13.1 Å². The van der Waals surface area contributed by atoms with E-state index in [1.54, 1.807) is 9.80 Å². The number of rotatable bonds is 5. The fourth-order valence-electron chi connectivity index (χ4n) is 3.38. The highest BCUT2D eigenvalue weighted by molar-refractivity contribution is 5.94. The summed E-state index contributed by atoms with van der Waals surface area (Å²) in [6, 6.07) is 7.70. The van der Waals surface area contributed by atoms with Crippen LogP contribution in [0, 0.1) is 6.92 Å². The van der Waals surface area contributed by atoms with E-state index < -0.39 is 6.04 Å². The summed E-state index contributed by atoms with van der Waals surface area (Å²) in [6.45, 7) is 7.30. The third kappa shape index (κ3) is 2.90. The fraction of sp³-hybridized carbons (Fsp3) is 0.474. The third-order valence-electron chi connectivity index (χ3n) is 4.96. The monoisotopic (exact) mass is 327 g/mol. The molecule has 0 aliphatic carbocycles. The average Bonchev–Trinajstić information content (AvgIpc) is 2.90. The highest BCUT2D eigenvalue weighted by Crippen LogP contribution is 2.24. The van der Waals surface area contributed by atoms with Crippen molar-refractivity contribution in [3.63, 3.8) is 0 Å². The van der Waals surface area contributed by atoms with Crippen molar-refractivity contribution in [2.75, 3.05) is 13.1 Å². The van der Waals surface area contributed by atoms with Gasteiger partial charge in [0.2, 0.25) is 11.8 Å². The Labute approximate surface area is 142 Å². The van der Waals surface area contributed by atoms with Crippen molar-refractivity contribution in [3.05, 3.63) is 35.5 Å². The molecule has 2 heterocycles. The van der Waals surface area contributed by atoms with Gasteiger partial charge in [0.05, 0.1) is 13.1 Å². The van der Waals surface area contributed by atoms with Crippen LogP contribution >= 0.6 is 0 Å². The number of hydrogen-bond donors (Lipinski definition) is 1. The molecular formula is C19H25N3O2. The van der Waals surface area contributed by atoms with Crippen molar-refractivity contribution < 1.29 is 9.59 Å². The predicted octanol–water partition coefficient (Wildman–Crippen LogP) is 2.84. The molecule has 1 aliphatic rings. The van der Waals surface area contributed by atoms with Crippen LogP contribution in [0.5, 0.6) is 0 Å². The van der Waals surface area contributed by atoms with Crippen LogP contribution in [-0.4, -0.2) is 45.7 Å². The number of para-hydroxylation sites is 1. The normalized spacial score (nSPS) is 18.7. The maximum atomic E-state index is 12.6. The maximum Gasteiger partial charge on any atom is 0.245 e. The molecule has 1 aliphatic heterocycles. The number of unbranched alkanes of at least 4 members (excludes halogenated alkanes) is 1. The molecule has 2 aromatic rings. The van der Waals surface area contributed by atoms with Gasteiger partial charge < -0.3 is 14.8 Å². The standard InChI is InChI=1S/C19H25N3O2/c1-4-5-10-21-12-18(23)22(14(3)19(21)24)11-17-13(2)15-8-6-7-9-16(15)20-17/h6-9,14,20H,4-5,10-12H2,1-3H3.